The molecule has 4 aromatic rings. The maximum atomic E-state index is 12.6. The maximum Gasteiger partial charge on any atom is 0.123 e. The second kappa shape index (κ2) is 14.1. The third kappa shape index (κ3) is 8.02. The molecule has 52 heavy (non-hydrogen) atoms. The lowest BCUT2D eigenvalue weighted by Gasteiger charge is -2.36. The normalized spacial score (nSPS) is 13.0. The minimum absolute atomic E-state index is 0.163. The molecule has 0 aliphatic carbocycles. The van der Waals surface area contributed by atoms with E-state index >= 15 is 0 Å². The highest BCUT2D eigenvalue weighted by Crippen LogP contribution is 2.56. The summed E-state index contributed by atoms with van der Waals surface area (Å²) in [5.41, 5.74) is 8.41. The number of aromatic hydroxyl groups is 4. The molecule has 0 aliphatic heterocycles. The summed E-state index contributed by atoms with van der Waals surface area (Å²) in [7, 11) is 0. The average Bonchev–Trinajstić information content (AvgIpc) is 3.00. The third-order valence-electron chi connectivity index (χ3n) is 10.7. The van der Waals surface area contributed by atoms with Gasteiger partial charge in [-0.2, -0.15) is 0 Å². The van der Waals surface area contributed by atoms with Crippen LogP contribution in [-0.4, -0.2) is 20.4 Å². The van der Waals surface area contributed by atoms with Gasteiger partial charge in [-0.05, 0) is 81.7 Å². The molecule has 4 N–H and O–H groups in total. The van der Waals surface area contributed by atoms with Crippen molar-refractivity contribution in [2.24, 2.45) is 0 Å². The number of phenols is 4. The molecule has 4 aromatic carbocycles. The van der Waals surface area contributed by atoms with Gasteiger partial charge in [-0.3, -0.25) is 0 Å². The van der Waals surface area contributed by atoms with Crippen LogP contribution in [0.5, 0.6) is 23.0 Å². The van der Waals surface area contributed by atoms with Crippen molar-refractivity contribution < 1.29 is 20.4 Å². The molecule has 0 heterocycles. The average molecular weight is 707 g/mol. The van der Waals surface area contributed by atoms with Gasteiger partial charge in [0.1, 0.15) is 23.0 Å². The van der Waals surface area contributed by atoms with Gasteiger partial charge >= 0.3 is 0 Å². The van der Waals surface area contributed by atoms with E-state index in [-0.39, 0.29) is 44.7 Å². The molecule has 0 atom stereocenters. The predicted octanol–water partition coefficient (Wildman–Crippen LogP) is 12.4. The number of phenolic OH excluding ortho intramolecular Hbond substituents is 4. The Morgan fingerprint density at radius 3 is 0.846 bits per heavy atom. The van der Waals surface area contributed by atoms with Crippen LogP contribution >= 0.6 is 0 Å². The van der Waals surface area contributed by atoms with E-state index < -0.39 is 11.8 Å². The van der Waals surface area contributed by atoms with Crippen LogP contribution in [0, 0.1) is 13.8 Å². The topological polar surface area (TPSA) is 80.9 Å². The fourth-order valence-electron chi connectivity index (χ4n) is 7.75. The highest BCUT2D eigenvalue weighted by atomic mass is 16.3. The molecule has 0 unspecified atom stereocenters. The zero-order valence-electron chi connectivity index (χ0n) is 35.0. The van der Waals surface area contributed by atoms with Crippen molar-refractivity contribution in [2.75, 3.05) is 0 Å². The molecule has 0 amide bonds. The second-order valence-electron chi connectivity index (χ2n) is 19.3. The maximum absolute atomic E-state index is 12.6. The zero-order chi connectivity index (χ0) is 39.5. The highest BCUT2D eigenvalue weighted by molar-refractivity contribution is 5.64. The summed E-state index contributed by atoms with van der Waals surface area (Å²) in [6.07, 6.45) is 1.49. The van der Waals surface area contributed by atoms with E-state index in [0.717, 1.165) is 57.3 Å². The molecule has 282 valence electrons. The molecule has 4 nitrogen and oxygen atoms in total. The van der Waals surface area contributed by atoms with Crippen LogP contribution in [0.1, 0.15) is 176 Å². The quantitative estimate of drug-likeness (QED) is 0.154. The van der Waals surface area contributed by atoms with Gasteiger partial charge in [-0.25, -0.2) is 0 Å². The van der Waals surface area contributed by atoms with Crippen molar-refractivity contribution in [1.82, 2.24) is 0 Å². The highest BCUT2D eigenvalue weighted by Gasteiger charge is 2.40. The molecular formula is C48H66O4. The van der Waals surface area contributed by atoms with Crippen LogP contribution in [0.25, 0.3) is 0 Å². The second-order valence-corrected chi connectivity index (χ2v) is 19.3. The van der Waals surface area contributed by atoms with Crippen molar-refractivity contribution in [3.05, 3.63) is 115 Å². The molecule has 0 bridgehead atoms. The number of aryl methyl sites for hydroxylation is 4. The van der Waals surface area contributed by atoms with Crippen LogP contribution in [0.3, 0.4) is 0 Å². The molecule has 0 fully saturated rings. The minimum atomic E-state index is -0.710. The molecular weight excluding hydrogens is 641 g/mol. The summed E-state index contributed by atoms with van der Waals surface area (Å²) >= 11 is 0. The predicted molar refractivity (Wildman–Crippen MR) is 219 cm³/mol. The van der Waals surface area contributed by atoms with E-state index in [1.165, 1.54) is 0 Å². The smallest absolute Gasteiger partial charge is 0.123 e. The zero-order valence-corrected chi connectivity index (χ0v) is 35.0. The Morgan fingerprint density at radius 2 is 0.615 bits per heavy atom. The summed E-state index contributed by atoms with van der Waals surface area (Å²) in [6.45, 7) is 33.5. The number of hydrogen-bond donors (Lipinski definition) is 4. The summed E-state index contributed by atoms with van der Waals surface area (Å²) in [4.78, 5) is 0. The van der Waals surface area contributed by atoms with Gasteiger partial charge in [0, 0.05) is 34.1 Å². The molecule has 0 radical (unpaired) electrons. The first kappa shape index (κ1) is 40.8. The van der Waals surface area contributed by atoms with Crippen LogP contribution in [0.2, 0.25) is 0 Å². The monoisotopic (exact) mass is 706 g/mol. The Kier molecular flexibility index (Phi) is 11.1. The fraction of sp³-hybridized carbons (Fsp3) is 0.500. The summed E-state index contributed by atoms with van der Waals surface area (Å²) < 4.78 is 0. The van der Waals surface area contributed by atoms with E-state index in [4.69, 9.17) is 0 Å². The molecule has 0 aromatic heterocycles. The van der Waals surface area contributed by atoms with E-state index in [9.17, 15) is 20.4 Å². The van der Waals surface area contributed by atoms with Gasteiger partial charge in [-0.15, -0.1) is 0 Å². The Balaban J connectivity index is 2.42. The van der Waals surface area contributed by atoms with Gasteiger partial charge in [0.2, 0.25) is 0 Å². The van der Waals surface area contributed by atoms with Crippen LogP contribution in [0.4, 0.5) is 0 Å². The molecule has 0 aliphatic rings. The lowest BCUT2D eigenvalue weighted by molar-refractivity contribution is 0.408. The number of benzene rings is 4. The van der Waals surface area contributed by atoms with Crippen molar-refractivity contribution in [3.8, 4) is 23.0 Å². The van der Waals surface area contributed by atoms with Crippen molar-refractivity contribution in [1.29, 1.82) is 0 Å². The molecule has 4 rings (SSSR count). The lowest BCUT2D eigenvalue weighted by Crippen LogP contribution is -2.22. The molecule has 0 saturated heterocycles. The van der Waals surface area contributed by atoms with Crippen molar-refractivity contribution >= 4 is 0 Å². The first-order chi connectivity index (χ1) is 23.7. The van der Waals surface area contributed by atoms with E-state index in [1.807, 2.05) is 38.1 Å². The van der Waals surface area contributed by atoms with Crippen LogP contribution in [-0.2, 0) is 34.5 Å². The van der Waals surface area contributed by atoms with Gasteiger partial charge in [0.05, 0.1) is 0 Å². The lowest BCUT2D eigenvalue weighted by atomic mass is 9.68. The van der Waals surface area contributed by atoms with Crippen LogP contribution in [0.15, 0.2) is 48.5 Å². The van der Waals surface area contributed by atoms with Crippen molar-refractivity contribution in [3.63, 3.8) is 0 Å². The molecule has 0 saturated carbocycles. The van der Waals surface area contributed by atoms with E-state index in [0.29, 0.717) is 22.3 Å². The first-order valence-electron chi connectivity index (χ1n) is 19.1. The Bertz CT molecular complexity index is 1810. The Labute approximate surface area is 315 Å². The standard InChI is InChI=1S/C48H66O4/c1-17-29-23-33(43(51)37(25-29)47(11,12)13)40(34-24-30(18-2)26-38(44(34)52)48(14,15)16)39(31-19-27(3)21-35(41(31)49)45(5,6)7)32-20-28(4)22-36(42(32)50)46(8,9)10/h19-26,39-40,49-52H,17-18H2,1-16H3. The van der Waals surface area contributed by atoms with Gasteiger partial charge in [0.25, 0.3) is 0 Å². The van der Waals surface area contributed by atoms with E-state index in [2.05, 4.69) is 121 Å². The SMILES string of the molecule is CCc1cc(C(c2cc(CC)cc(C(C)(C)C)c2O)C(c2cc(C)cc(C(C)(C)C)c2O)c2cc(C)cc(C(C)(C)C)c2O)c(O)c(C(C)(C)C)c1. The number of rotatable bonds is 7. The van der Waals surface area contributed by atoms with Crippen molar-refractivity contribution in [2.45, 2.75) is 157 Å². The Morgan fingerprint density at radius 1 is 0.385 bits per heavy atom. The summed E-state index contributed by atoms with van der Waals surface area (Å²) in [5.74, 6) is -0.749. The summed E-state index contributed by atoms with van der Waals surface area (Å²) in [6, 6.07) is 16.5. The van der Waals surface area contributed by atoms with Gasteiger partial charge in [-0.1, -0.05) is 157 Å². The third-order valence-corrected chi connectivity index (χ3v) is 10.7. The van der Waals surface area contributed by atoms with Gasteiger partial charge in [0.15, 0.2) is 0 Å². The Hall–Kier alpha value is -3.92. The first-order valence-corrected chi connectivity index (χ1v) is 19.1. The largest absolute Gasteiger partial charge is 0.507 e. The fourth-order valence-corrected chi connectivity index (χ4v) is 7.75. The van der Waals surface area contributed by atoms with E-state index in [1.54, 1.807) is 0 Å². The molecule has 4 heteroatoms. The summed E-state index contributed by atoms with van der Waals surface area (Å²) in [5, 5.41) is 50.2. The molecule has 0 spiro atoms. The number of hydrogen-bond acceptors (Lipinski definition) is 4. The van der Waals surface area contributed by atoms with Crippen LogP contribution < -0.4 is 0 Å². The van der Waals surface area contributed by atoms with Gasteiger partial charge < -0.3 is 20.4 Å². The minimum Gasteiger partial charge on any atom is -0.507 e.